The molecule has 3 unspecified atom stereocenters. The average molecular weight is 272 g/mol. The van der Waals surface area contributed by atoms with E-state index in [2.05, 4.69) is 10.2 Å². The fraction of sp³-hybridized carbons (Fsp3) is 1.00. The van der Waals surface area contributed by atoms with E-state index in [0.717, 1.165) is 18.9 Å². The summed E-state index contributed by atoms with van der Waals surface area (Å²) in [5, 5.41) is 3.41. The zero-order valence-electron chi connectivity index (χ0n) is 11.0. The van der Waals surface area contributed by atoms with Gasteiger partial charge in [0.1, 0.15) is 0 Å². The van der Waals surface area contributed by atoms with E-state index in [1.165, 1.54) is 38.8 Å². The second-order valence-corrected chi connectivity index (χ2v) is 8.49. The summed E-state index contributed by atoms with van der Waals surface area (Å²) in [6.45, 7) is 3.15. The number of nitrogens with zero attached hydrogens (tertiary/aromatic N) is 1. The molecule has 3 atom stereocenters. The van der Waals surface area contributed by atoms with Crippen LogP contribution in [0.25, 0.3) is 0 Å². The fourth-order valence-corrected chi connectivity index (χ4v) is 5.57. The highest BCUT2D eigenvalue weighted by Gasteiger charge is 2.34. The Morgan fingerprint density at radius 1 is 1.11 bits per heavy atom. The molecule has 0 aliphatic carbocycles. The Kier molecular flexibility index (Phi) is 3.65. The van der Waals surface area contributed by atoms with Crippen LogP contribution < -0.4 is 5.32 Å². The Balaban J connectivity index is 1.49. The molecule has 3 heterocycles. The van der Waals surface area contributed by atoms with Crippen molar-refractivity contribution >= 4 is 9.84 Å². The molecule has 3 rings (SSSR count). The van der Waals surface area contributed by atoms with Crippen molar-refractivity contribution in [1.82, 2.24) is 10.2 Å². The highest BCUT2D eigenvalue weighted by molar-refractivity contribution is 7.92. The van der Waals surface area contributed by atoms with Gasteiger partial charge in [0.15, 0.2) is 9.84 Å². The first-order valence-electron chi connectivity index (χ1n) is 7.34. The van der Waals surface area contributed by atoms with Crippen LogP contribution in [0.1, 0.15) is 38.5 Å². The van der Waals surface area contributed by atoms with Gasteiger partial charge >= 0.3 is 0 Å². The predicted molar refractivity (Wildman–Crippen MR) is 72.4 cm³/mol. The quantitative estimate of drug-likeness (QED) is 0.825. The maximum Gasteiger partial charge on any atom is 0.154 e. The van der Waals surface area contributed by atoms with Crippen LogP contribution >= 0.6 is 0 Å². The molecular weight excluding hydrogens is 248 g/mol. The smallest absolute Gasteiger partial charge is 0.154 e. The number of hydrogen-bond donors (Lipinski definition) is 1. The Morgan fingerprint density at radius 3 is 2.78 bits per heavy atom. The first-order valence-corrected chi connectivity index (χ1v) is 9.06. The van der Waals surface area contributed by atoms with Crippen molar-refractivity contribution in [2.45, 2.75) is 55.9 Å². The Bertz CT molecular complexity index is 396. The summed E-state index contributed by atoms with van der Waals surface area (Å²) in [6.07, 6.45) is 6.79. The number of rotatable bonds is 3. The maximum atomic E-state index is 11.8. The topological polar surface area (TPSA) is 49.4 Å². The molecular formula is C13H24N2O2S. The summed E-state index contributed by atoms with van der Waals surface area (Å²) in [4.78, 5) is 2.60. The molecule has 104 valence electrons. The minimum atomic E-state index is -2.78. The Labute approximate surface area is 110 Å². The van der Waals surface area contributed by atoms with Gasteiger partial charge in [0.05, 0.1) is 11.0 Å². The summed E-state index contributed by atoms with van der Waals surface area (Å²) in [7, 11) is -2.78. The van der Waals surface area contributed by atoms with Crippen LogP contribution in [-0.4, -0.2) is 56.0 Å². The summed E-state index contributed by atoms with van der Waals surface area (Å²) in [6, 6.07) is 1.30. The Morgan fingerprint density at radius 2 is 2.00 bits per heavy atom. The first-order chi connectivity index (χ1) is 8.65. The minimum Gasteiger partial charge on any atom is -0.313 e. The van der Waals surface area contributed by atoms with E-state index >= 15 is 0 Å². The van der Waals surface area contributed by atoms with Crippen molar-refractivity contribution < 1.29 is 8.42 Å². The van der Waals surface area contributed by atoms with E-state index < -0.39 is 9.84 Å². The number of nitrogens with one attached hydrogen (secondary N) is 1. The van der Waals surface area contributed by atoms with E-state index in [0.29, 0.717) is 18.3 Å². The van der Waals surface area contributed by atoms with Gasteiger partial charge in [-0.15, -0.1) is 0 Å². The molecule has 18 heavy (non-hydrogen) atoms. The minimum absolute atomic E-state index is 0.112. The Hall–Kier alpha value is -0.130. The standard InChI is InChI=1S/C13H24N2O2S/c16-18(17)8-2-4-13(18)10-14-11-5-7-15-6-1-3-12(15)9-11/h11-14H,1-10H2. The molecule has 3 fully saturated rings. The lowest BCUT2D eigenvalue weighted by molar-refractivity contribution is 0.167. The van der Waals surface area contributed by atoms with Crippen LogP contribution in [0.15, 0.2) is 0 Å². The molecule has 0 bridgehead atoms. The molecule has 3 aliphatic heterocycles. The number of fused-ring (bicyclic) bond motifs is 1. The van der Waals surface area contributed by atoms with Crippen LogP contribution in [-0.2, 0) is 9.84 Å². The second-order valence-electron chi connectivity index (χ2n) is 6.09. The molecule has 3 aliphatic rings. The van der Waals surface area contributed by atoms with Gasteiger partial charge in [-0.2, -0.15) is 0 Å². The molecule has 0 saturated carbocycles. The van der Waals surface area contributed by atoms with Crippen molar-refractivity contribution in [2.24, 2.45) is 0 Å². The lowest BCUT2D eigenvalue weighted by Gasteiger charge is -2.35. The number of piperidine rings is 1. The zero-order chi connectivity index (χ0) is 12.6. The summed E-state index contributed by atoms with van der Waals surface area (Å²) >= 11 is 0. The molecule has 0 aromatic heterocycles. The fourth-order valence-electron chi connectivity index (χ4n) is 3.80. The predicted octanol–water partition coefficient (Wildman–Crippen LogP) is 0.780. The van der Waals surface area contributed by atoms with Crippen molar-refractivity contribution in [2.75, 3.05) is 25.4 Å². The third kappa shape index (κ3) is 2.58. The third-order valence-corrected chi connectivity index (χ3v) is 7.19. The van der Waals surface area contributed by atoms with Crippen LogP contribution in [0.2, 0.25) is 0 Å². The third-order valence-electron chi connectivity index (χ3n) is 4.92. The molecule has 5 heteroatoms. The highest BCUT2D eigenvalue weighted by Crippen LogP contribution is 2.27. The van der Waals surface area contributed by atoms with Crippen LogP contribution in [0.4, 0.5) is 0 Å². The van der Waals surface area contributed by atoms with Crippen molar-refractivity contribution in [3.63, 3.8) is 0 Å². The summed E-state index contributed by atoms with van der Waals surface area (Å²) in [5.74, 6) is 0.403. The van der Waals surface area contributed by atoms with E-state index in [4.69, 9.17) is 0 Å². The molecule has 3 saturated heterocycles. The van der Waals surface area contributed by atoms with Crippen LogP contribution in [0.3, 0.4) is 0 Å². The zero-order valence-corrected chi connectivity index (χ0v) is 11.8. The molecule has 0 radical (unpaired) electrons. The monoisotopic (exact) mass is 272 g/mol. The molecule has 0 amide bonds. The van der Waals surface area contributed by atoms with Crippen LogP contribution in [0.5, 0.6) is 0 Å². The SMILES string of the molecule is O=S1(=O)CCCC1CNC1CCN2CCCC2C1. The van der Waals surface area contributed by atoms with Gasteiger partial charge in [-0.25, -0.2) is 8.42 Å². The average Bonchev–Trinajstić information content (AvgIpc) is 2.91. The highest BCUT2D eigenvalue weighted by atomic mass is 32.2. The number of sulfone groups is 1. The summed E-state index contributed by atoms with van der Waals surface area (Å²) in [5.41, 5.74) is 0. The number of hydrogen-bond acceptors (Lipinski definition) is 4. The second kappa shape index (κ2) is 5.10. The van der Waals surface area contributed by atoms with Gasteiger partial charge in [0, 0.05) is 18.6 Å². The van der Waals surface area contributed by atoms with Gasteiger partial charge in [0.25, 0.3) is 0 Å². The van der Waals surface area contributed by atoms with Crippen molar-refractivity contribution in [3.05, 3.63) is 0 Å². The van der Waals surface area contributed by atoms with E-state index in [1.807, 2.05) is 0 Å². The molecule has 4 nitrogen and oxygen atoms in total. The largest absolute Gasteiger partial charge is 0.313 e. The van der Waals surface area contributed by atoms with E-state index in [1.54, 1.807) is 0 Å². The van der Waals surface area contributed by atoms with Crippen molar-refractivity contribution in [3.8, 4) is 0 Å². The molecule has 1 N–H and O–H groups in total. The van der Waals surface area contributed by atoms with E-state index in [9.17, 15) is 8.42 Å². The van der Waals surface area contributed by atoms with E-state index in [-0.39, 0.29) is 5.25 Å². The lowest BCUT2D eigenvalue weighted by atomic mass is 9.97. The lowest BCUT2D eigenvalue weighted by Crippen LogP contribution is -2.47. The molecule has 0 aromatic carbocycles. The summed E-state index contributed by atoms with van der Waals surface area (Å²) < 4.78 is 23.5. The molecule has 0 aromatic rings. The van der Waals surface area contributed by atoms with Gasteiger partial charge < -0.3 is 10.2 Å². The normalized spacial score (nSPS) is 39.9. The van der Waals surface area contributed by atoms with Gasteiger partial charge in [-0.1, -0.05) is 0 Å². The van der Waals surface area contributed by atoms with Crippen LogP contribution in [0, 0.1) is 0 Å². The van der Waals surface area contributed by atoms with Gasteiger partial charge in [-0.3, -0.25) is 0 Å². The van der Waals surface area contributed by atoms with Gasteiger partial charge in [0.2, 0.25) is 0 Å². The van der Waals surface area contributed by atoms with Crippen molar-refractivity contribution in [1.29, 1.82) is 0 Å². The maximum absolute atomic E-state index is 11.8. The molecule has 0 spiro atoms. The van der Waals surface area contributed by atoms with Gasteiger partial charge in [-0.05, 0) is 51.6 Å². The first kappa shape index (κ1) is 12.9.